The van der Waals surface area contributed by atoms with E-state index in [0.717, 1.165) is 39.4 Å². The molecule has 0 spiro atoms. The molecule has 0 unspecified atom stereocenters. The van der Waals surface area contributed by atoms with E-state index in [0.29, 0.717) is 12.5 Å². The number of aromatic nitrogens is 4. The highest BCUT2D eigenvalue weighted by molar-refractivity contribution is 7.99. The Morgan fingerprint density at radius 3 is 2.80 bits per heavy atom. The highest BCUT2D eigenvalue weighted by Crippen LogP contribution is 2.40. The van der Waals surface area contributed by atoms with Gasteiger partial charge >= 0.3 is 0 Å². The number of rotatable bonds is 6. The van der Waals surface area contributed by atoms with Crippen LogP contribution in [0, 0.1) is 5.92 Å². The molecule has 4 heterocycles. The van der Waals surface area contributed by atoms with Crippen LogP contribution in [-0.2, 0) is 24.2 Å². The van der Waals surface area contributed by atoms with Gasteiger partial charge in [-0.1, -0.05) is 67.7 Å². The Bertz CT molecular complexity index is 1190. The monoisotopic (exact) mass is 456 g/mol. The molecular weight excluding hydrogens is 432 g/mol. The molecule has 1 aliphatic heterocycles. The number of hydrogen-bond acceptors (Lipinski definition) is 7. The number of hydrogen-bond donors (Lipinski definition) is 0. The topological polar surface area (TPSA) is 52.3 Å². The van der Waals surface area contributed by atoms with E-state index >= 15 is 0 Å². The van der Waals surface area contributed by atoms with Crippen LogP contribution < -0.4 is 0 Å². The van der Waals surface area contributed by atoms with E-state index < -0.39 is 0 Å². The first-order valence-electron chi connectivity index (χ1n) is 10.2. The van der Waals surface area contributed by atoms with Crippen LogP contribution in [0.15, 0.2) is 40.6 Å². The van der Waals surface area contributed by atoms with Gasteiger partial charge in [-0.2, -0.15) is 0 Å². The zero-order valence-electron chi connectivity index (χ0n) is 17.3. The molecule has 1 aliphatic rings. The van der Waals surface area contributed by atoms with Crippen molar-refractivity contribution in [3.8, 4) is 0 Å². The number of aryl methyl sites for hydroxylation is 1. The molecule has 30 heavy (non-hydrogen) atoms. The summed E-state index contributed by atoms with van der Waals surface area (Å²) in [7, 11) is 0. The molecule has 4 aromatic rings. The lowest BCUT2D eigenvalue weighted by Gasteiger charge is -2.26. The molecular formula is C22H24N4OS3. The minimum atomic E-state index is 0.248. The van der Waals surface area contributed by atoms with E-state index in [1.165, 1.54) is 21.4 Å². The average molecular weight is 457 g/mol. The zero-order valence-corrected chi connectivity index (χ0v) is 19.7. The number of fused-ring (bicyclic) bond motifs is 5. The molecule has 0 radical (unpaired) electrons. The second-order valence-corrected chi connectivity index (χ2v) is 10.7. The van der Waals surface area contributed by atoms with Crippen molar-refractivity contribution in [2.24, 2.45) is 5.92 Å². The molecule has 0 N–H and O–H groups in total. The summed E-state index contributed by atoms with van der Waals surface area (Å²) < 4.78 is 8.24. The van der Waals surface area contributed by atoms with Crippen molar-refractivity contribution < 1.29 is 4.74 Å². The summed E-state index contributed by atoms with van der Waals surface area (Å²) in [4.78, 5) is 7.33. The normalized spacial score (nSPS) is 16.6. The van der Waals surface area contributed by atoms with Gasteiger partial charge < -0.3 is 4.74 Å². The summed E-state index contributed by atoms with van der Waals surface area (Å²) in [6, 6.07) is 10.6. The van der Waals surface area contributed by atoms with Gasteiger partial charge in [0.2, 0.25) is 0 Å². The van der Waals surface area contributed by atoms with Gasteiger partial charge in [-0.25, -0.2) is 9.38 Å². The Morgan fingerprint density at radius 1 is 1.20 bits per heavy atom. The van der Waals surface area contributed by atoms with E-state index in [1.54, 1.807) is 34.9 Å². The summed E-state index contributed by atoms with van der Waals surface area (Å²) in [6.45, 7) is 5.12. The highest BCUT2D eigenvalue weighted by atomic mass is 32.2. The molecule has 156 valence electrons. The van der Waals surface area contributed by atoms with Gasteiger partial charge in [-0.15, -0.1) is 21.5 Å². The fraction of sp³-hybridized carbons (Fsp3) is 0.409. The quantitative estimate of drug-likeness (QED) is 0.282. The molecule has 0 amide bonds. The minimum Gasteiger partial charge on any atom is -0.372 e. The molecule has 3 aromatic heterocycles. The Morgan fingerprint density at radius 2 is 2.03 bits per heavy atom. The molecule has 0 fully saturated rings. The van der Waals surface area contributed by atoms with Gasteiger partial charge in [0.1, 0.15) is 4.83 Å². The number of ether oxygens (including phenoxy) is 1. The number of nitrogens with zero attached hydrogens (tertiary/aromatic N) is 4. The lowest BCUT2D eigenvalue weighted by atomic mass is 9.96. The van der Waals surface area contributed by atoms with Crippen molar-refractivity contribution in [3.05, 3.63) is 46.3 Å². The average Bonchev–Trinajstić information content (AvgIpc) is 3.34. The van der Waals surface area contributed by atoms with Gasteiger partial charge in [0.05, 0.1) is 18.1 Å². The van der Waals surface area contributed by atoms with Gasteiger partial charge in [-0.3, -0.25) is 0 Å². The first kappa shape index (κ1) is 20.3. The van der Waals surface area contributed by atoms with Crippen molar-refractivity contribution in [1.29, 1.82) is 0 Å². The lowest BCUT2D eigenvalue weighted by Crippen LogP contribution is -2.26. The van der Waals surface area contributed by atoms with Gasteiger partial charge in [0.15, 0.2) is 16.0 Å². The molecule has 0 bridgehead atoms. The van der Waals surface area contributed by atoms with Crippen LogP contribution >= 0.6 is 34.9 Å². The maximum Gasteiger partial charge on any atom is 0.197 e. The zero-order chi connectivity index (χ0) is 20.7. The van der Waals surface area contributed by atoms with E-state index in [-0.39, 0.29) is 6.10 Å². The summed E-state index contributed by atoms with van der Waals surface area (Å²) in [6.07, 6.45) is 4.24. The molecule has 1 atom stereocenters. The molecule has 0 aliphatic carbocycles. The van der Waals surface area contributed by atoms with Crippen molar-refractivity contribution in [2.75, 3.05) is 12.0 Å². The fourth-order valence-electron chi connectivity index (χ4n) is 3.89. The number of benzene rings is 1. The van der Waals surface area contributed by atoms with E-state index in [1.807, 2.05) is 0 Å². The largest absolute Gasteiger partial charge is 0.372 e. The van der Waals surface area contributed by atoms with E-state index in [2.05, 4.69) is 65.0 Å². The molecule has 5 rings (SSSR count). The Labute approximate surface area is 188 Å². The summed E-state index contributed by atoms with van der Waals surface area (Å²) >= 11 is 5.14. The predicted molar refractivity (Wildman–Crippen MR) is 126 cm³/mol. The van der Waals surface area contributed by atoms with Crippen molar-refractivity contribution in [3.63, 3.8) is 0 Å². The third-order valence-electron chi connectivity index (χ3n) is 5.54. The second kappa shape index (κ2) is 8.49. The Kier molecular flexibility index (Phi) is 5.75. The van der Waals surface area contributed by atoms with Gasteiger partial charge in [-0.05, 0) is 29.7 Å². The second-order valence-electron chi connectivity index (χ2n) is 7.81. The fourth-order valence-corrected chi connectivity index (χ4v) is 6.58. The van der Waals surface area contributed by atoms with Crippen LogP contribution in [0.2, 0.25) is 0 Å². The van der Waals surface area contributed by atoms with Crippen LogP contribution in [-0.4, -0.2) is 37.7 Å². The first-order chi connectivity index (χ1) is 14.7. The SMILES string of the molecule is CSc1nc2sc3c(c2c2nnc(SCCc4ccccc4)n12)C[C@@H](C(C)C)OC3. The van der Waals surface area contributed by atoms with Gasteiger partial charge in [0, 0.05) is 17.1 Å². The lowest BCUT2D eigenvalue weighted by molar-refractivity contribution is 0.00203. The smallest absolute Gasteiger partial charge is 0.197 e. The summed E-state index contributed by atoms with van der Waals surface area (Å²) in [5.41, 5.74) is 3.64. The van der Waals surface area contributed by atoms with Crippen LogP contribution in [0.4, 0.5) is 0 Å². The number of thiophene rings is 1. The molecule has 8 heteroatoms. The molecule has 0 saturated carbocycles. The van der Waals surface area contributed by atoms with Crippen molar-refractivity contribution in [1.82, 2.24) is 19.6 Å². The third-order valence-corrected chi connectivity index (χ3v) is 8.21. The van der Waals surface area contributed by atoms with Crippen LogP contribution in [0.5, 0.6) is 0 Å². The molecule has 5 nitrogen and oxygen atoms in total. The Balaban J connectivity index is 1.53. The number of thioether (sulfide) groups is 2. The van der Waals surface area contributed by atoms with Crippen molar-refractivity contribution in [2.45, 2.75) is 49.7 Å². The summed E-state index contributed by atoms with van der Waals surface area (Å²) in [5, 5.41) is 12.2. The van der Waals surface area contributed by atoms with Gasteiger partial charge in [0.25, 0.3) is 0 Å². The van der Waals surface area contributed by atoms with Crippen LogP contribution in [0.3, 0.4) is 0 Å². The minimum absolute atomic E-state index is 0.248. The maximum atomic E-state index is 6.09. The van der Waals surface area contributed by atoms with Crippen molar-refractivity contribution >= 4 is 50.7 Å². The van der Waals surface area contributed by atoms with Crippen LogP contribution in [0.25, 0.3) is 15.9 Å². The molecule has 0 saturated heterocycles. The third kappa shape index (κ3) is 3.64. The maximum absolute atomic E-state index is 6.09. The molecule has 1 aromatic carbocycles. The Hall–Kier alpha value is -1.61. The standard InChI is InChI=1S/C22H24N4OS3/c1-13(2)16-11-15-17(12-27-16)30-20-18(15)19-24-25-22(26(19)21(23-20)28-3)29-10-9-14-7-5-4-6-8-14/h4-8,13,16H,9-12H2,1-3H3/t16-/m0/s1. The van der Waals surface area contributed by atoms with E-state index in [9.17, 15) is 0 Å². The highest BCUT2D eigenvalue weighted by Gasteiger charge is 2.28. The summed E-state index contributed by atoms with van der Waals surface area (Å²) in [5.74, 6) is 1.45. The predicted octanol–water partition coefficient (Wildman–Crippen LogP) is 5.49. The first-order valence-corrected chi connectivity index (χ1v) is 13.2. The van der Waals surface area contributed by atoms with E-state index in [4.69, 9.17) is 9.72 Å². The van der Waals surface area contributed by atoms with Crippen LogP contribution in [0.1, 0.15) is 29.9 Å².